The van der Waals surface area contributed by atoms with Gasteiger partial charge in [0.1, 0.15) is 24.1 Å². The quantitative estimate of drug-likeness (QED) is 0.155. The van der Waals surface area contributed by atoms with Gasteiger partial charge in [0.2, 0.25) is 0 Å². The summed E-state index contributed by atoms with van der Waals surface area (Å²) in [4.78, 5) is 31.0. The summed E-state index contributed by atoms with van der Waals surface area (Å²) in [7, 11) is 6.15. The van der Waals surface area contributed by atoms with Crippen LogP contribution < -0.4 is 0 Å². The number of phenols is 1. The van der Waals surface area contributed by atoms with Gasteiger partial charge in [0, 0.05) is 48.5 Å². The van der Waals surface area contributed by atoms with Crippen molar-refractivity contribution in [2.75, 3.05) is 21.2 Å². The molecular weight excluding hydrogens is 636 g/mol. The summed E-state index contributed by atoms with van der Waals surface area (Å²) < 4.78 is 11.5. The standard InChI is InChI=1S/C32H53NO4.C10H21NO.C2H6/c1-13-14-15-23(21-16-25(29(2,3)4)27(35)26(17-21)30(5,6)7)24(20-34)28(36)37-22-18-31(8,9)33(12)32(10,11)19-22;1-8-6-9(12-5)7-10(2,3)11(8)4;1-2/h16-17,20,22-24,35H,13-15,18-19H2,1-12H3;8-9H,6-7H2,1-5H3;1-2H3. The second-order valence-electron chi connectivity index (χ2n) is 19.1. The molecule has 0 amide bonds. The van der Waals surface area contributed by atoms with Crippen molar-refractivity contribution < 1.29 is 24.2 Å². The first-order valence-corrected chi connectivity index (χ1v) is 19.8. The maximum Gasteiger partial charge on any atom is 0.317 e. The molecule has 0 saturated carbocycles. The van der Waals surface area contributed by atoms with Crippen molar-refractivity contribution in [2.24, 2.45) is 5.92 Å². The Bertz CT molecular complexity index is 1200. The second kappa shape index (κ2) is 18.4. The number of methoxy groups -OCH3 is 1. The number of nitrogens with zero attached hydrogens (tertiary/aromatic N) is 2. The molecule has 2 saturated heterocycles. The van der Waals surface area contributed by atoms with E-state index in [1.807, 2.05) is 33.1 Å². The highest BCUT2D eigenvalue weighted by Crippen LogP contribution is 2.44. The average Bonchev–Trinajstić information content (AvgIpc) is 3.00. The van der Waals surface area contributed by atoms with Gasteiger partial charge < -0.3 is 19.4 Å². The molecule has 0 bridgehead atoms. The molecule has 1 aromatic carbocycles. The third-order valence-corrected chi connectivity index (χ3v) is 11.7. The number of unbranched alkanes of at least 4 members (excludes halogenated alkanes) is 1. The summed E-state index contributed by atoms with van der Waals surface area (Å²) in [6, 6.07) is 4.66. The van der Waals surface area contributed by atoms with Gasteiger partial charge in [-0.15, -0.1) is 0 Å². The van der Waals surface area contributed by atoms with Gasteiger partial charge >= 0.3 is 5.97 Å². The lowest BCUT2D eigenvalue weighted by atomic mass is 9.74. The van der Waals surface area contributed by atoms with E-state index in [1.54, 1.807) is 0 Å². The minimum absolute atomic E-state index is 0.120. The number of esters is 1. The van der Waals surface area contributed by atoms with E-state index in [-0.39, 0.29) is 33.9 Å². The summed E-state index contributed by atoms with van der Waals surface area (Å²) in [5, 5.41) is 11.2. The van der Waals surface area contributed by atoms with E-state index in [0.717, 1.165) is 61.5 Å². The molecule has 7 nitrogen and oxygen atoms in total. The SMILES string of the molecule is CC.CCCCC(c1cc(C(C)(C)C)c(O)c(C(C)(C)C)c1)C(C=O)C(=O)OC1CC(C)(C)N(C)C(C)(C)C1.COC1CC(C)N(C)C(C)(C)C1. The summed E-state index contributed by atoms with van der Waals surface area (Å²) in [5.41, 5.74) is 2.07. The predicted octanol–water partition coefficient (Wildman–Crippen LogP) is 10.2. The molecule has 4 atom stereocenters. The van der Waals surface area contributed by atoms with Gasteiger partial charge in [-0.2, -0.15) is 0 Å². The summed E-state index contributed by atoms with van der Waals surface area (Å²) in [6.45, 7) is 34.1. The fourth-order valence-corrected chi connectivity index (χ4v) is 8.01. The summed E-state index contributed by atoms with van der Waals surface area (Å²) in [6.07, 6.45) is 7.32. The molecule has 1 aromatic rings. The van der Waals surface area contributed by atoms with Crippen molar-refractivity contribution in [2.45, 2.75) is 207 Å². The van der Waals surface area contributed by atoms with E-state index >= 15 is 0 Å². The number of carbonyl (C=O) groups excluding carboxylic acids is 2. The van der Waals surface area contributed by atoms with Crippen LogP contribution in [0.2, 0.25) is 0 Å². The molecule has 1 N–H and O–H groups in total. The van der Waals surface area contributed by atoms with E-state index in [1.165, 1.54) is 0 Å². The predicted molar refractivity (Wildman–Crippen MR) is 215 cm³/mol. The lowest BCUT2D eigenvalue weighted by Crippen LogP contribution is -2.60. The number of hydrogen-bond acceptors (Lipinski definition) is 7. The molecule has 0 aliphatic carbocycles. The fraction of sp³-hybridized carbons (Fsp3) is 0.818. The number of likely N-dealkylation sites (tertiary alicyclic amines) is 2. The monoisotopic (exact) mass is 717 g/mol. The van der Waals surface area contributed by atoms with Gasteiger partial charge in [0.15, 0.2) is 0 Å². The minimum atomic E-state index is -0.886. The summed E-state index contributed by atoms with van der Waals surface area (Å²) >= 11 is 0. The van der Waals surface area contributed by atoms with Crippen LogP contribution in [0.4, 0.5) is 0 Å². The van der Waals surface area contributed by atoms with Gasteiger partial charge in [-0.3, -0.25) is 14.6 Å². The first-order chi connectivity index (χ1) is 23.2. The van der Waals surface area contributed by atoms with Crippen LogP contribution in [0.3, 0.4) is 0 Å². The smallest absolute Gasteiger partial charge is 0.317 e. The van der Waals surface area contributed by atoms with Gasteiger partial charge in [-0.05, 0) is 109 Å². The maximum absolute atomic E-state index is 13.6. The molecule has 0 radical (unpaired) electrons. The second-order valence-corrected chi connectivity index (χ2v) is 19.1. The van der Waals surface area contributed by atoms with E-state index in [9.17, 15) is 14.7 Å². The number of benzene rings is 1. The normalized spacial score (nSPS) is 23.5. The zero-order valence-electron chi connectivity index (χ0n) is 36.5. The highest BCUT2D eigenvalue weighted by molar-refractivity contribution is 5.89. The molecule has 2 heterocycles. The van der Waals surface area contributed by atoms with Crippen LogP contribution in [0.15, 0.2) is 12.1 Å². The van der Waals surface area contributed by atoms with E-state index in [2.05, 4.69) is 121 Å². The molecule has 2 fully saturated rings. The maximum atomic E-state index is 13.6. The van der Waals surface area contributed by atoms with Crippen LogP contribution >= 0.6 is 0 Å². The van der Waals surface area contributed by atoms with Gasteiger partial charge in [0.25, 0.3) is 0 Å². The third kappa shape index (κ3) is 12.3. The van der Waals surface area contributed by atoms with Crippen LogP contribution in [0.1, 0.15) is 178 Å². The highest BCUT2D eigenvalue weighted by atomic mass is 16.5. The molecule has 51 heavy (non-hydrogen) atoms. The number of aromatic hydroxyl groups is 1. The number of ether oxygens (including phenoxy) is 2. The molecular formula is C44H80N2O5. The van der Waals surface area contributed by atoms with Crippen LogP contribution in [-0.2, 0) is 29.9 Å². The topological polar surface area (TPSA) is 79.3 Å². The third-order valence-electron chi connectivity index (χ3n) is 11.7. The molecule has 2 aliphatic rings. The van der Waals surface area contributed by atoms with E-state index < -0.39 is 11.9 Å². The van der Waals surface area contributed by atoms with Crippen molar-refractivity contribution in [3.8, 4) is 5.75 Å². The Balaban J connectivity index is 0.000000776. The Kier molecular flexibility index (Phi) is 17.0. The largest absolute Gasteiger partial charge is 0.507 e. The van der Waals surface area contributed by atoms with E-state index in [4.69, 9.17) is 9.47 Å². The van der Waals surface area contributed by atoms with Crippen molar-refractivity contribution in [3.63, 3.8) is 0 Å². The molecule has 3 rings (SSSR count). The number of rotatable bonds is 9. The molecule has 0 spiro atoms. The Morgan fingerprint density at radius 1 is 0.902 bits per heavy atom. The Morgan fingerprint density at radius 2 is 1.35 bits per heavy atom. The highest BCUT2D eigenvalue weighted by Gasteiger charge is 2.45. The molecule has 296 valence electrons. The Labute approximate surface area is 314 Å². The van der Waals surface area contributed by atoms with Crippen molar-refractivity contribution in [1.82, 2.24) is 9.80 Å². The Hall–Kier alpha value is -1.96. The zero-order chi connectivity index (χ0) is 39.9. The molecule has 4 unspecified atom stereocenters. The molecule has 0 aromatic heterocycles. The van der Waals surface area contributed by atoms with Gasteiger partial charge in [-0.1, -0.05) is 87.3 Å². The molecule has 7 heteroatoms. The Morgan fingerprint density at radius 3 is 1.73 bits per heavy atom. The lowest BCUT2D eigenvalue weighted by Gasteiger charge is -2.53. The lowest BCUT2D eigenvalue weighted by molar-refractivity contribution is -0.164. The van der Waals surface area contributed by atoms with Crippen molar-refractivity contribution in [1.29, 1.82) is 0 Å². The zero-order valence-corrected chi connectivity index (χ0v) is 36.5. The minimum Gasteiger partial charge on any atom is -0.507 e. The van der Waals surface area contributed by atoms with Crippen LogP contribution in [-0.4, -0.2) is 83.2 Å². The summed E-state index contributed by atoms with van der Waals surface area (Å²) in [5.74, 6) is -1.32. The number of hydrogen-bond donors (Lipinski definition) is 1. The van der Waals surface area contributed by atoms with Gasteiger partial charge in [-0.25, -0.2) is 0 Å². The first kappa shape index (κ1) is 47.1. The van der Waals surface area contributed by atoms with E-state index in [0.29, 0.717) is 29.9 Å². The number of aldehydes is 1. The van der Waals surface area contributed by atoms with Crippen LogP contribution in [0.25, 0.3) is 0 Å². The fourth-order valence-electron chi connectivity index (χ4n) is 8.01. The van der Waals surface area contributed by atoms with Crippen molar-refractivity contribution in [3.05, 3.63) is 28.8 Å². The first-order valence-electron chi connectivity index (χ1n) is 19.8. The average molecular weight is 717 g/mol. The van der Waals surface area contributed by atoms with Crippen LogP contribution in [0, 0.1) is 5.92 Å². The number of phenolic OH excluding ortho intramolecular Hbond substituents is 1. The van der Waals surface area contributed by atoms with Crippen molar-refractivity contribution >= 4 is 12.3 Å². The number of piperidine rings is 2. The van der Waals surface area contributed by atoms with Crippen LogP contribution in [0.5, 0.6) is 5.75 Å². The van der Waals surface area contributed by atoms with Gasteiger partial charge in [0.05, 0.1) is 6.10 Å². The molecule has 2 aliphatic heterocycles. The number of carbonyl (C=O) groups is 2.